The molecule has 0 unspecified atom stereocenters. The number of carboxylic acid groups (broad SMARTS) is 1. The Balaban J connectivity index is 3.64. The highest BCUT2D eigenvalue weighted by atomic mass is 32.2. The largest absolute Gasteiger partial charge is 0.481 e. The van der Waals surface area contributed by atoms with Crippen molar-refractivity contribution in [2.24, 2.45) is 57.1 Å². The van der Waals surface area contributed by atoms with Crippen LogP contribution in [0.4, 0.5) is 0 Å². The second kappa shape index (κ2) is 54.4. The van der Waals surface area contributed by atoms with Crippen LogP contribution < -0.4 is 109 Å². The van der Waals surface area contributed by atoms with Crippen molar-refractivity contribution >= 4 is 118 Å². The first kappa shape index (κ1) is 102. The third-order valence-corrected chi connectivity index (χ3v) is 18.0. The van der Waals surface area contributed by atoms with E-state index in [0.717, 1.165) is 6.92 Å². The number of hydrogen-bond acceptors (Lipinski definition) is 24. The van der Waals surface area contributed by atoms with Crippen LogP contribution in [0.1, 0.15) is 164 Å². The molecule has 0 aromatic carbocycles. The molecule has 0 saturated heterocycles. The number of aliphatic hydroxyl groups is 2. The van der Waals surface area contributed by atoms with Gasteiger partial charge in [0.05, 0.1) is 19.5 Å². The van der Waals surface area contributed by atoms with Gasteiger partial charge in [-0.1, -0.05) is 41.5 Å². The standard InChI is InChI=1S/C70H123N23O20S/c1-35(2)28-48(64(108)80-38(7)56(74)100)88-57(101)39(8)81-58(102)47(23-27-114-10)87-63(107)46(20-22-54(98)99)86-60(104)43(17-12-14-25-72)84-67(111)51(32-94)91-61(105)44(18-15-26-78-70(75)76)83-59(103)42(16-11-13-24-71)85-68(112)52(33-95)92-69(113)55(37(5)6)93-66(110)50(30-41-31-77-34-79-41)90-65(109)49(29-36(3)4)89-62(106)45(82-40(9)96)19-21-53(73)97/h31,34-39,42-52,55,94-95H,11-30,32-33,71-72H2,1-10H3,(H2,73,97)(H2,74,100)(H,77,79)(H,80,108)(H,81,102)(H,82,96)(H,83,103)(H,84,111)(H,85,112)(H,86,104)(H,87,107)(H,88,101)(H,89,106)(H,90,109)(H,91,105)(H,92,113)(H,93,110)(H,98,99)(H4,75,76,78)/t38-,39-,42-,43-,44-,45-,46-,47-,48-,49-,50-,51-,52-,55-/m0/s1. The van der Waals surface area contributed by atoms with Crippen molar-refractivity contribution in [2.45, 2.75) is 250 Å². The molecule has 114 heavy (non-hydrogen) atoms. The molecule has 0 fully saturated rings. The van der Waals surface area contributed by atoms with Gasteiger partial charge in [0.2, 0.25) is 94.5 Å². The Hall–Kier alpha value is -10.3. The molecule has 30 N–H and O–H groups in total. The quantitative estimate of drug-likeness (QED) is 0.0164. The second-order valence-corrected chi connectivity index (χ2v) is 29.6. The normalized spacial score (nSPS) is 14.9. The van der Waals surface area contributed by atoms with Crippen LogP contribution in [-0.4, -0.2) is 261 Å². The van der Waals surface area contributed by atoms with Gasteiger partial charge in [0, 0.05) is 44.6 Å². The van der Waals surface area contributed by atoms with Gasteiger partial charge >= 0.3 is 5.97 Å². The van der Waals surface area contributed by atoms with Crippen molar-refractivity contribution in [3.8, 4) is 0 Å². The first-order valence-corrected chi connectivity index (χ1v) is 39.2. The van der Waals surface area contributed by atoms with Crippen LogP contribution in [0.15, 0.2) is 17.5 Å². The van der Waals surface area contributed by atoms with Gasteiger partial charge in [-0.05, 0) is 140 Å². The monoisotopic (exact) mass is 1640 g/mol. The number of guanidine groups is 1. The number of carboxylic acids is 1. The molecule has 16 amide bonds. The maximum Gasteiger partial charge on any atom is 0.303 e. The van der Waals surface area contributed by atoms with Crippen LogP contribution in [0.3, 0.4) is 0 Å². The number of nitrogens with one attached hydrogen (secondary N) is 15. The maximum atomic E-state index is 14.5. The molecule has 0 saturated carbocycles. The van der Waals surface area contributed by atoms with Gasteiger partial charge in [0.25, 0.3) is 0 Å². The zero-order valence-corrected chi connectivity index (χ0v) is 67.4. The number of primary amides is 2. The molecule has 0 aliphatic heterocycles. The van der Waals surface area contributed by atoms with E-state index in [1.54, 1.807) is 34.0 Å². The minimum absolute atomic E-state index is 0.0235. The number of thioether (sulfide) groups is 1. The summed E-state index contributed by atoms with van der Waals surface area (Å²) in [6.07, 6.45) is 2.71. The molecule has 0 aliphatic carbocycles. The fraction of sp³-hybridized carbons (Fsp3) is 0.700. The van der Waals surface area contributed by atoms with Crippen molar-refractivity contribution in [1.82, 2.24) is 84.4 Å². The lowest BCUT2D eigenvalue weighted by molar-refractivity contribution is -0.139. The maximum absolute atomic E-state index is 14.5. The van der Waals surface area contributed by atoms with Gasteiger partial charge in [-0.15, -0.1) is 0 Å². The summed E-state index contributed by atoms with van der Waals surface area (Å²) in [5.41, 5.74) is 33.6. The van der Waals surface area contributed by atoms with Gasteiger partial charge in [-0.25, -0.2) is 4.98 Å². The Morgan fingerprint density at radius 3 is 1.21 bits per heavy atom. The first-order valence-electron chi connectivity index (χ1n) is 37.8. The number of imidazole rings is 1. The van der Waals surface area contributed by atoms with Crippen LogP contribution in [0.5, 0.6) is 0 Å². The Morgan fingerprint density at radius 2 is 0.807 bits per heavy atom. The van der Waals surface area contributed by atoms with E-state index in [9.17, 15) is 96.8 Å². The van der Waals surface area contributed by atoms with Crippen molar-refractivity contribution in [2.75, 3.05) is 44.9 Å². The van der Waals surface area contributed by atoms with E-state index in [1.165, 1.54) is 52.0 Å². The number of aliphatic carboxylic acids is 1. The molecule has 1 aromatic rings. The Kier molecular flexibility index (Phi) is 48.5. The molecule has 1 aromatic heterocycles. The lowest BCUT2D eigenvalue weighted by Gasteiger charge is -2.29. The summed E-state index contributed by atoms with van der Waals surface area (Å²) in [5.74, 6) is -17.5. The summed E-state index contributed by atoms with van der Waals surface area (Å²) < 4.78 is 0. The van der Waals surface area contributed by atoms with Crippen molar-refractivity contribution in [3.05, 3.63) is 18.2 Å². The van der Waals surface area contributed by atoms with Gasteiger partial charge in [0.15, 0.2) is 5.96 Å². The number of rotatable bonds is 58. The minimum Gasteiger partial charge on any atom is -0.481 e. The number of carbonyl (C=O) groups excluding carboxylic acids is 16. The number of nitrogens with zero attached hydrogens (tertiary/aromatic N) is 2. The van der Waals surface area contributed by atoms with E-state index < -0.39 is 217 Å². The fourth-order valence-electron chi connectivity index (χ4n) is 11.0. The van der Waals surface area contributed by atoms with Crippen molar-refractivity contribution < 1.29 is 96.8 Å². The van der Waals surface area contributed by atoms with Gasteiger partial charge in [-0.3, -0.25) is 86.5 Å². The number of unbranched alkanes of at least 4 members (excludes halogenated alkanes) is 2. The van der Waals surface area contributed by atoms with E-state index in [-0.39, 0.29) is 127 Å². The lowest BCUT2D eigenvalue weighted by Crippen LogP contribution is -2.62. The molecule has 0 aliphatic rings. The highest BCUT2D eigenvalue weighted by molar-refractivity contribution is 7.98. The van der Waals surface area contributed by atoms with E-state index in [2.05, 4.69) is 89.4 Å². The molecule has 1 heterocycles. The fourth-order valence-corrected chi connectivity index (χ4v) is 11.5. The zero-order chi connectivity index (χ0) is 86.5. The van der Waals surface area contributed by atoms with Gasteiger partial charge < -0.3 is 129 Å². The average molecular weight is 1640 g/mol. The number of hydrogen-bond donors (Lipinski definition) is 24. The van der Waals surface area contributed by atoms with E-state index in [0.29, 0.717) is 12.1 Å². The number of aromatic nitrogens is 2. The number of aromatic amines is 1. The van der Waals surface area contributed by atoms with Crippen molar-refractivity contribution in [1.29, 1.82) is 0 Å². The summed E-state index contributed by atoms with van der Waals surface area (Å²) in [5, 5.41) is 65.9. The van der Waals surface area contributed by atoms with Crippen LogP contribution in [0.2, 0.25) is 0 Å². The van der Waals surface area contributed by atoms with Crippen LogP contribution in [0, 0.1) is 17.8 Å². The lowest BCUT2D eigenvalue weighted by atomic mass is 10.00. The van der Waals surface area contributed by atoms with Crippen LogP contribution >= 0.6 is 11.8 Å². The number of aliphatic hydroxyl groups excluding tert-OH is 2. The average Bonchev–Trinajstić information content (AvgIpc) is 1.15. The number of aliphatic imine (C=N–C) groups is 1. The number of H-pyrrole nitrogens is 1. The summed E-state index contributed by atoms with van der Waals surface area (Å²) in [7, 11) is 0. The number of amides is 16. The van der Waals surface area contributed by atoms with E-state index >= 15 is 0 Å². The van der Waals surface area contributed by atoms with Crippen LogP contribution in [-0.2, 0) is 87.9 Å². The van der Waals surface area contributed by atoms with Gasteiger partial charge in [0.1, 0.15) is 84.6 Å². The summed E-state index contributed by atoms with van der Waals surface area (Å²) in [4.78, 5) is 241. The zero-order valence-electron chi connectivity index (χ0n) is 66.6. The highest BCUT2D eigenvalue weighted by Gasteiger charge is 2.39. The Bertz CT molecular complexity index is 3370. The number of carbonyl (C=O) groups is 17. The topological polar surface area (TPSA) is 716 Å². The summed E-state index contributed by atoms with van der Waals surface area (Å²) in [6.45, 7) is 11.8. The molecule has 14 atom stereocenters. The van der Waals surface area contributed by atoms with Crippen LogP contribution in [0.25, 0.3) is 0 Å². The predicted octanol–water partition coefficient (Wildman–Crippen LogP) is -7.79. The molecular weight excluding hydrogens is 1510 g/mol. The molecule has 0 bridgehead atoms. The summed E-state index contributed by atoms with van der Waals surface area (Å²) >= 11 is 1.28. The second-order valence-electron chi connectivity index (χ2n) is 28.6. The molecule has 0 radical (unpaired) electrons. The molecule has 44 heteroatoms. The molecule has 43 nitrogen and oxygen atoms in total. The first-order chi connectivity index (χ1) is 53.6. The number of nitrogens with two attached hydrogens (primary N) is 6. The smallest absolute Gasteiger partial charge is 0.303 e. The molecule has 0 spiro atoms. The predicted molar refractivity (Wildman–Crippen MR) is 417 cm³/mol. The van der Waals surface area contributed by atoms with E-state index in [1.807, 2.05) is 0 Å². The third kappa shape index (κ3) is 40.4. The molecular formula is C70H123N23O20S. The van der Waals surface area contributed by atoms with Gasteiger partial charge in [-0.2, -0.15) is 11.8 Å². The van der Waals surface area contributed by atoms with Crippen molar-refractivity contribution in [3.63, 3.8) is 0 Å². The molecule has 1 rings (SSSR count). The highest BCUT2D eigenvalue weighted by Crippen LogP contribution is 2.15. The SMILES string of the molecule is CSCC[C@H](NC(=O)[C@H](CCC(=O)O)NC(=O)[C@H](CCCCN)NC(=O)[C@H](CO)NC(=O)[C@H](CCCN=C(N)N)NC(=O)[C@H](CCCCN)NC(=O)[C@H](CO)NC(=O)[C@@H](NC(=O)[C@H](Cc1cnc[nH]1)NC(=O)[C@H](CC(C)C)NC(=O)[C@H](CCC(N)=O)NC(C)=O)C(C)C)C(=O)N[C@@H](C)C(=O)N[C@@H](CC(C)C)C(=O)N[C@@H](C)C(N)=O. The minimum atomic E-state index is -1.90. The summed E-state index contributed by atoms with van der Waals surface area (Å²) in [6, 6.07) is -20.8. The van der Waals surface area contributed by atoms with E-state index in [4.69, 9.17) is 34.4 Å². The Morgan fingerprint density at radius 1 is 0.439 bits per heavy atom. The third-order valence-electron chi connectivity index (χ3n) is 17.3. The molecule has 644 valence electrons. The Labute approximate surface area is 666 Å².